The molecule has 2 aromatic rings. The summed E-state index contributed by atoms with van der Waals surface area (Å²) in [5.74, 6) is -0.0952. The van der Waals surface area contributed by atoms with Crippen LogP contribution >= 0.6 is 11.3 Å². The third kappa shape index (κ3) is 2.92. The van der Waals surface area contributed by atoms with Gasteiger partial charge in [-0.1, -0.05) is 30.3 Å². The van der Waals surface area contributed by atoms with Gasteiger partial charge in [0.25, 0.3) is 0 Å². The van der Waals surface area contributed by atoms with Crippen molar-refractivity contribution in [1.82, 2.24) is 0 Å². The highest BCUT2D eigenvalue weighted by Crippen LogP contribution is 2.16. The highest BCUT2D eigenvalue weighted by molar-refractivity contribution is 7.08. The first kappa shape index (κ1) is 12.6. The van der Waals surface area contributed by atoms with E-state index in [9.17, 15) is 4.79 Å². The van der Waals surface area contributed by atoms with Crippen LogP contribution in [-0.2, 0) is 9.53 Å². The number of benzene rings is 1. The van der Waals surface area contributed by atoms with Crippen LogP contribution in [0.25, 0.3) is 12.2 Å². The Morgan fingerprint density at radius 2 is 1.90 bits per heavy atom. The van der Waals surface area contributed by atoms with E-state index in [1.807, 2.05) is 53.2 Å². The molecule has 4 heteroatoms. The van der Waals surface area contributed by atoms with E-state index in [2.05, 4.69) is 4.99 Å². The predicted molar refractivity (Wildman–Crippen MR) is 81.3 cm³/mol. The van der Waals surface area contributed by atoms with Gasteiger partial charge >= 0.3 is 5.97 Å². The third-order valence-electron chi connectivity index (χ3n) is 2.70. The maximum atomic E-state index is 11.7. The first-order valence-corrected chi connectivity index (χ1v) is 7.03. The molecule has 0 bridgehead atoms. The third-order valence-corrected chi connectivity index (χ3v) is 3.40. The Hall–Kier alpha value is -2.46. The molecule has 0 saturated carbocycles. The Kier molecular flexibility index (Phi) is 3.56. The minimum absolute atomic E-state index is 0.321. The molecule has 0 atom stereocenters. The molecule has 3 nitrogen and oxygen atoms in total. The number of hydrogen-bond acceptors (Lipinski definition) is 4. The van der Waals surface area contributed by atoms with Gasteiger partial charge < -0.3 is 4.74 Å². The lowest BCUT2D eigenvalue weighted by molar-refractivity contribution is -0.129. The molecule has 1 aliphatic rings. The highest BCUT2D eigenvalue weighted by Gasteiger charge is 2.20. The Morgan fingerprint density at radius 3 is 2.65 bits per heavy atom. The maximum Gasteiger partial charge on any atom is 0.363 e. The fourth-order valence-electron chi connectivity index (χ4n) is 1.74. The largest absolute Gasteiger partial charge is 0.403 e. The molecule has 0 spiro atoms. The number of rotatable bonds is 3. The molecule has 20 heavy (non-hydrogen) atoms. The van der Waals surface area contributed by atoms with Gasteiger partial charge in [-0.05, 0) is 40.1 Å². The topological polar surface area (TPSA) is 38.7 Å². The molecule has 98 valence electrons. The van der Waals surface area contributed by atoms with Gasteiger partial charge in [-0.3, -0.25) is 0 Å². The minimum Gasteiger partial charge on any atom is -0.403 e. The number of aliphatic imine (C=N–C) groups is 1. The summed E-state index contributed by atoms with van der Waals surface area (Å²) in [4.78, 5) is 15.9. The second-order valence-corrected chi connectivity index (χ2v) is 4.95. The number of carbonyl (C=O) groups excluding carboxylic acids is 1. The van der Waals surface area contributed by atoms with Crippen LogP contribution in [0.15, 0.2) is 63.9 Å². The predicted octanol–water partition coefficient (Wildman–Crippen LogP) is 3.76. The van der Waals surface area contributed by atoms with Crippen LogP contribution in [0.3, 0.4) is 0 Å². The fraction of sp³-hybridized carbons (Fsp3) is 0. The number of nitrogens with zero attached hydrogens (tertiary/aromatic N) is 1. The summed E-state index contributed by atoms with van der Waals surface area (Å²) in [5, 5.41) is 4.00. The molecule has 1 aromatic heterocycles. The number of ether oxygens (including phenoxy) is 1. The minimum atomic E-state index is -0.418. The lowest BCUT2D eigenvalue weighted by Crippen LogP contribution is -2.01. The molecular formula is C16H11NO2S. The Balaban J connectivity index is 1.80. The summed E-state index contributed by atoms with van der Waals surface area (Å²) in [7, 11) is 0. The van der Waals surface area contributed by atoms with Gasteiger partial charge in [-0.15, -0.1) is 0 Å². The first-order valence-electron chi connectivity index (χ1n) is 6.09. The van der Waals surface area contributed by atoms with Crippen LogP contribution in [0, 0.1) is 0 Å². The van der Waals surface area contributed by atoms with E-state index in [4.69, 9.17) is 4.74 Å². The molecule has 3 rings (SSSR count). The van der Waals surface area contributed by atoms with E-state index in [0.717, 1.165) is 11.1 Å². The molecule has 0 unspecified atom stereocenters. The van der Waals surface area contributed by atoms with Crippen molar-refractivity contribution in [2.24, 2.45) is 4.99 Å². The molecule has 2 heterocycles. The highest BCUT2D eigenvalue weighted by atomic mass is 32.1. The zero-order chi connectivity index (χ0) is 13.8. The van der Waals surface area contributed by atoms with Crippen LogP contribution in [0.2, 0.25) is 0 Å². The van der Waals surface area contributed by atoms with Crippen LogP contribution in [0.1, 0.15) is 11.1 Å². The summed E-state index contributed by atoms with van der Waals surface area (Å²) >= 11 is 1.61. The zero-order valence-electron chi connectivity index (χ0n) is 10.5. The van der Waals surface area contributed by atoms with Crippen molar-refractivity contribution in [1.29, 1.82) is 0 Å². The number of cyclic esters (lactones) is 1. The Morgan fingerprint density at radius 1 is 1.05 bits per heavy atom. The van der Waals surface area contributed by atoms with Gasteiger partial charge in [0.2, 0.25) is 5.90 Å². The van der Waals surface area contributed by atoms with Crippen molar-refractivity contribution >= 4 is 35.4 Å². The van der Waals surface area contributed by atoms with Gasteiger partial charge in [0.1, 0.15) is 0 Å². The molecule has 0 radical (unpaired) electrons. The van der Waals surface area contributed by atoms with E-state index >= 15 is 0 Å². The van der Waals surface area contributed by atoms with Crippen molar-refractivity contribution in [3.63, 3.8) is 0 Å². The van der Waals surface area contributed by atoms with Gasteiger partial charge in [0, 0.05) is 6.08 Å². The zero-order valence-corrected chi connectivity index (χ0v) is 11.3. The molecule has 0 saturated heterocycles. The summed E-state index contributed by atoms with van der Waals surface area (Å²) in [6, 6.07) is 11.6. The van der Waals surface area contributed by atoms with Gasteiger partial charge in [0.05, 0.1) is 0 Å². The normalized spacial score (nSPS) is 16.7. The van der Waals surface area contributed by atoms with Gasteiger partial charge in [-0.25, -0.2) is 9.79 Å². The van der Waals surface area contributed by atoms with E-state index < -0.39 is 5.97 Å². The van der Waals surface area contributed by atoms with Crippen molar-refractivity contribution < 1.29 is 9.53 Å². The Labute approximate surface area is 120 Å². The monoisotopic (exact) mass is 281 g/mol. The number of thiophene rings is 1. The number of carbonyl (C=O) groups is 1. The second-order valence-electron chi connectivity index (χ2n) is 4.17. The fourth-order valence-corrected chi connectivity index (χ4v) is 2.37. The van der Waals surface area contributed by atoms with Crippen molar-refractivity contribution in [2.45, 2.75) is 0 Å². The molecule has 0 aliphatic carbocycles. The van der Waals surface area contributed by atoms with Gasteiger partial charge in [-0.2, -0.15) is 11.3 Å². The SMILES string of the molecule is O=C1OC(/C=C/c2ccsc2)=NC1=Cc1ccccc1. The van der Waals surface area contributed by atoms with Gasteiger partial charge in [0.15, 0.2) is 5.70 Å². The molecule has 0 N–H and O–H groups in total. The van der Waals surface area contributed by atoms with E-state index in [-0.39, 0.29) is 0 Å². The molecule has 0 amide bonds. The average molecular weight is 281 g/mol. The maximum absolute atomic E-state index is 11.7. The summed E-state index contributed by atoms with van der Waals surface area (Å²) < 4.78 is 5.10. The van der Waals surface area contributed by atoms with Crippen molar-refractivity contribution in [3.8, 4) is 0 Å². The second kappa shape index (κ2) is 5.67. The van der Waals surface area contributed by atoms with E-state index in [0.29, 0.717) is 11.6 Å². The smallest absolute Gasteiger partial charge is 0.363 e. The molecule has 1 aliphatic heterocycles. The lowest BCUT2D eigenvalue weighted by atomic mass is 10.2. The number of hydrogen-bond donors (Lipinski definition) is 0. The summed E-state index contributed by atoms with van der Waals surface area (Å²) in [5.41, 5.74) is 2.31. The van der Waals surface area contributed by atoms with Crippen molar-refractivity contribution in [2.75, 3.05) is 0 Å². The summed E-state index contributed by atoms with van der Waals surface area (Å²) in [6.07, 6.45) is 5.29. The number of esters is 1. The van der Waals surface area contributed by atoms with Crippen molar-refractivity contribution in [3.05, 3.63) is 70.1 Å². The molecule has 1 aromatic carbocycles. The van der Waals surface area contributed by atoms with E-state index in [1.165, 1.54) is 0 Å². The van der Waals surface area contributed by atoms with Crippen LogP contribution in [-0.4, -0.2) is 11.9 Å². The molecule has 0 fully saturated rings. The standard InChI is InChI=1S/C16H11NO2S/c18-16-14(10-12-4-2-1-3-5-12)17-15(19-16)7-6-13-8-9-20-11-13/h1-11H/b7-6+,14-10?. The quantitative estimate of drug-likeness (QED) is 0.634. The van der Waals surface area contributed by atoms with Crippen LogP contribution in [0.4, 0.5) is 0 Å². The van der Waals surface area contributed by atoms with Crippen LogP contribution in [0.5, 0.6) is 0 Å². The summed E-state index contributed by atoms with van der Waals surface area (Å²) in [6.45, 7) is 0. The molecular weight excluding hydrogens is 270 g/mol. The van der Waals surface area contributed by atoms with E-state index in [1.54, 1.807) is 23.5 Å². The lowest BCUT2D eigenvalue weighted by Gasteiger charge is -1.92. The average Bonchev–Trinajstić information content (AvgIpc) is 3.08. The Bertz CT molecular complexity index is 697. The first-order chi connectivity index (χ1) is 9.81. The van der Waals surface area contributed by atoms with Crippen LogP contribution < -0.4 is 0 Å².